The van der Waals surface area contributed by atoms with E-state index in [2.05, 4.69) is 15.0 Å². The highest BCUT2D eigenvalue weighted by Gasteiger charge is 2.24. The van der Waals surface area contributed by atoms with Gasteiger partial charge < -0.3 is 20.1 Å². The van der Waals surface area contributed by atoms with Crippen molar-refractivity contribution < 1.29 is 14.3 Å². The van der Waals surface area contributed by atoms with Gasteiger partial charge in [0.25, 0.3) is 0 Å². The molecule has 1 fully saturated rings. The first-order valence-electron chi connectivity index (χ1n) is 7.89. The highest BCUT2D eigenvalue weighted by molar-refractivity contribution is 5.73. The van der Waals surface area contributed by atoms with Crippen LogP contribution in [0.4, 0.5) is 16.3 Å². The van der Waals surface area contributed by atoms with E-state index in [1.54, 1.807) is 11.1 Å². The number of hydrogen-bond donors (Lipinski definition) is 1. The summed E-state index contributed by atoms with van der Waals surface area (Å²) < 4.78 is 10.9. The van der Waals surface area contributed by atoms with E-state index >= 15 is 0 Å². The van der Waals surface area contributed by atoms with Gasteiger partial charge in [0.1, 0.15) is 24.7 Å². The average Bonchev–Trinajstić information content (AvgIpc) is 2.66. The molecular weight excluding hydrogens is 322 g/mol. The average molecular weight is 341 g/mol. The second kappa shape index (κ2) is 8.20. The summed E-state index contributed by atoms with van der Waals surface area (Å²) in [7, 11) is 0. The third kappa shape index (κ3) is 4.74. The van der Waals surface area contributed by atoms with E-state index in [0.29, 0.717) is 31.2 Å². The summed E-state index contributed by atoms with van der Waals surface area (Å²) in [4.78, 5) is 25.8. The van der Waals surface area contributed by atoms with E-state index in [4.69, 9.17) is 15.2 Å². The molecule has 1 aliphatic rings. The molecule has 2 N–H and O–H groups in total. The predicted molar refractivity (Wildman–Crippen MR) is 92.5 cm³/mol. The standard InChI is InChI=1S/C17H19N5O3/c18-16-15(9-19-12-21-16)20-8-14-10-22(6-7-24-14)17(23)25-11-13-4-2-1-3-5-13/h1-5,8-9,12,14H,6-7,10-11H2,(H2,18,19,21)/t14-/m1/s1. The molecule has 8 heteroatoms. The van der Waals surface area contributed by atoms with Gasteiger partial charge in [0.05, 0.1) is 19.3 Å². The predicted octanol–water partition coefficient (Wildman–Crippen LogP) is 1.80. The Balaban J connectivity index is 1.53. The molecule has 25 heavy (non-hydrogen) atoms. The number of morpholine rings is 1. The first-order valence-corrected chi connectivity index (χ1v) is 7.89. The van der Waals surface area contributed by atoms with Crippen LogP contribution in [-0.2, 0) is 16.1 Å². The number of benzene rings is 1. The maximum atomic E-state index is 12.2. The Labute approximate surface area is 145 Å². The number of aliphatic imine (C=N–C) groups is 1. The molecule has 130 valence electrons. The second-order valence-electron chi connectivity index (χ2n) is 5.47. The fourth-order valence-corrected chi connectivity index (χ4v) is 2.34. The van der Waals surface area contributed by atoms with Crippen LogP contribution in [0.1, 0.15) is 5.56 Å². The molecule has 1 aliphatic heterocycles. The minimum atomic E-state index is -0.367. The molecule has 0 unspecified atom stereocenters. The first-order chi connectivity index (χ1) is 12.2. The van der Waals surface area contributed by atoms with E-state index in [0.717, 1.165) is 5.56 Å². The third-order valence-corrected chi connectivity index (χ3v) is 3.66. The van der Waals surface area contributed by atoms with Crippen molar-refractivity contribution in [1.29, 1.82) is 0 Å². The number of carbonyl (C=O) groups is 1. The quantitative estimate of drug-likeness (QED) is 0.851. The van der Waals surface area contributed by atoms with Gasteiger partial charge in [-0.05, 0) is 5.56 Å². The second-order valence-corrected chi connectivity index (χ2v) is 5.47. The number of rotatable bonds is 4. The van der Waals surface area contributed by atoms with E-state index in [1.165, 1.54) is 12.5 Å². The van der Waals surface area contributed by atoms with Gasteiger partial charge in [-0.25, -0.2) is 14.8 Å². The molecule has 1 amide bonds. The van der Waals surface area contributed by atoms with Crippen molar-refractivity contribution in [2.45, 2.75) is 12.7 Å². The Morgan fingerprint density at radius 3 is 3.08 bits per heavy atom. The van der Waals surface area contributed by atoms with Crippen molar-refractivity contribution in [2.24, 2.45) is 4.99 Å². The lowest BCUT2D eigenvalue weighted by atomic mass is 10.2. The van der Waals surface area contributed by atoms with Crippen LogP contribution in [0.5, 0.6) is 0 Å². The Hall–Kier alpha value is -3.00. The molecular formula is C17H19N5O3. The van der Waals surface area contributed by atoms with Crippen LogP contribution in [0.3, 0.4) is 0 Å². The van der Waals surface area contributed by atoms with Gasteiger partial charge in [-0.3, -0.25) is 4.99 Å². The SMILES string of the molecule is Nc1ncncc1N=C[C@@H]1CN(C(=O)OCc2ccccc2)CCO1. The molecule has 8 nitrogen and oxygen atoms in total. The van der Waals surface area contributed by atoms with E-state index in [9.17, 15) is 4.79 Å². The van der Waals surface area contributed by atoms with Crippen molar-refractivity contribution in [3.63, 3.8) is 0 Å². The zero-order chi connectivity index (χ0) is 17.5. The van der Waals surface area contributed by atoms with Crippen molar-refractivity contribution in [1.82, 2.24) is 14.9 Å². The fourth-order valence-electron chi connectivity index (χ4n) is 2.34. The van der Waals surface area contributed by atoms with Crippen molar-refractivity contribution >= 4 is 23.8 Å². The minimum Gasteiger partial charge on any atom is -0.445 e. The number of nitrogen functional groups attached to an aromatic ring is 1. The first kappa shape index (κ1) is 16.8. The highest BCUT2D eigenvalue weighted by atomic mass is 16.6. The Morgan fingerprint density at radius 1 is 1.44 bits per heavy atom. The summed E-state index contributed by atoms with van der Waals surface area (Å²) in [6, 6.07) is 9.55. The number of carbonyl (C=O) groups excluding carboxylic acids is 1. The van der Waals surface area contributed by atoms with E-state index < -0.39 is 0 Å². The Morgan fingerprint density at radius 2 is 2.28 bits per heavy atom. The van der Waals surface area contributed by atoms with Gasteiger partial charge in [0.15, 0.2) is 5.82 Å². The molecule has 2 aromatic rings. The van der Waals surface area contributed by atoms with Gasteiger partial charge in [-0.15, -0.1) is 0 Å². The monoisotopic (exact) mass is 341 g/mol. The molecule has 0 saturated carbocycles. The molecule has 0 spiro atoms. The molecule has 2 heterocycles. The summed E-state index contributed by atoms with van der Waals surface area (Å²) in [5, 5.41) is 0. The Bertz CT molecular complexity index is 738. The number of hydrogen-bond acceptors (Lipinski definition) is 7. The van der Waals surface area contributed by atoms with Gasteiger partial charge in [0.2, 0.25) is 0 Å². The van der Waals surface area contributed by atoms with Crippen molar-refractivity contribution in [3.05, 3.63) is 48.4 Å². The van der Waals surface area contributed by atoms with Crippen LogP contribution in [0, 0.1) is 0 Å². The number of aromatic nitrogens is 2. The Kier molecular flexibility index (Phi) is 5.53. The number of nitrogens with two attached hydrogens (primary N) is 1. The lowest BCUT2D eigenvalue weighted by molar-refractivity contribution is 0.00330. The smallest absolute Gasteiger partial charge is 0.410 e. The van der Waals surface area contributed by atoms with Crippen LogP contribution in [-0.4, -0.2) is 53.0 Å². The van der Waals surface area contributed by atoms with E-state index in [1.807, 2.05) is 30.3 Å². The minimum absolute atomic E-state index is 0.244. The van der Waals surface area contributed by atoms with Gasteiger partial charge in [-0.2, -0.15) is 0 Å². The highest BCUT2D eigenvalue weighted by Crippen LogP contribution is 2.16. The molecule has 1 aromatic heterocycles. The van der Waals surface area contributed by atoms with Crippen LogP contribution in [0.2, 0.25) is 0 Å². The summed E-state index contributed by atoms with van der Waals surface area (Å²) in [5.41, 5.74) is 7.13. The maximum Gasteiger partial charge on any atom is 0.410 e. The van der Waals surface area contributed by atoms with Gasteiger partial charge in [0, 0.05) is 12.8 Å². The molecule has 1 saturated heterocycles. The lowest BCUT2D eigenvalue weighted by Gasteiger charge is -2.30. The molecule has 1 atom stereocenters. The van der Waals surface area contributed by atoms with Crippen molar-refractivity contribution in [3.8, 4) is 0 Å². The number of amides is 1. The van der Waals surface area contributed by atoms with E-state index in [-0.39, 0.29) is 18.8 Å². The summed E-state index contributed by atoms with van der Waals surface area (Å²) in [6.07, 6.45) is 3.78. The largest absolute Gasteiger partial charge is 0.445 e. The molecule has 1 aromatic carbocycles. The van der Waals surface area contributed by atoms with Crippen LogP contribution in [0.15, 0.2) is 47.8 Å². The zero-order valence-corrected chi connectivity index (χ0v) is 13.6. The number of nitrogens with zero attached hydrogens (tertiary/aromatic N) is 4. The van der Waals surface area contributed by atoms with Gasteiger partial charge in [-0.1, -0.05) is 30.3 Å². The molecule has 0 aliphatic carbocycles. The van der Waals surface area contributed by atoms with Crippen LogP contribution in [0.25, 0.3) is 0 Å². The molecule has 0 radical (unpaired) electrons. The van der Waals surface area contributed by atoms with Crippen LogP contribution < -0.4 is 5.73 Å². The third-order valence-electron chi connectivity index (χ3n) is 3.66. The summed E-state index contributed by atoms with van der Waals surface area (Å²) in [5.74, 6) is 0.293. The van der Waals surface area contributed by atoms with Gasteiger partial charge >= 0.3 is 6.09 Å². The fraction of sp³-hybridized carbons (Fsp3) is 0.294. The molecule has 0 bridgehead atoms. The number of ether oxygens (including phenoxy) is 2. The van der Waals surface area contributed by atoms with Crippen molar-refractivity contribution in [2.75, 3.05) is 25.4 Å². The topological polar surface area (TPSA) is 103 Å². The summed E-state index contributed by atoms with van der Waals surface area (Å²) >= 11 is 0. The molecule has 3 rings (SSSR count). The lowest BCUT2D eigenvalue weighted by Crippen LogP contribution is -2.46. The normalized spacial score (nSPS) is 17.6. The maximum absolute atomic E-state index is 12.2. The summed E-state index contributed by atoms with van der Waals surface area (Å²) in [6.45, 7) is 1.50. The van der Waals surface area contributed by atoms with Crippen LogP contribution >= 0.6 is 0 Å². The zero-order valence-electron chi connectivity index (χ0n) is 13.6. The number of anilines is 1.